The zero-order valence-electron chi connectivity index (χ0n) is 19.0. The zero-order chi connectivity index (χ0) is 22.0. The lowest BCUT2D eigenvalue weighted by Crippen LogP contribution is -2.48. The Labute approximate surface area is 191 Å². The summed E-state index contributed by atoms with van der Waals surface area (Å²) in [5, 5.41) is 7.05. The van der Waals surface area contributed by atoms with Crippen molar-refractivity contribution in [3.8, 4) is 0 Å². The van der Waals surface area contributed by atoms with Gasteiger partial charge in [0.2, 0.25) is 0 Å². The van der Waals surface area contributed by atoms with E-state index in [0.717, 1.165) is 70.3 Å². The quantitative estimate of drug-likeness (QED) is 0.512. The monoisotopic (exact) mass is 437 g/mol. The summed E-state index contributed by atoms with van der Waals surface area (Å²) in [4.78, 5) is 11.2. The van der Waals surface area contributed by atoms with Gasteiger partial charge < -0.3 is 25.0 Å². The molecule has 7 heteroatoms. The van der Waals surface area contributed by atoms with Crippen molar-refractivity contribution in [1.82, 2.24) is 15.6 Å². The summed E-state index contributed by atoms with van der Waals surface area (Å²) in [5.74, 6) is 1.92. The Balaban J connectivity index is 1.21. The molecule has 7 nitrogen and oxygen atoms in total. The number of pyridine rings is 1. The number of piperidine rings is 1. The Morgan fingerprint density at radius 3 is 2.66 bits per heavy atom. The summed E-state index contributed by atoms with van der Waals surface area (Å²) in [6.45, 7) is 5.01. The van der Waals surface area contributed by atoms with Gasteiger partial charge in [0.1, 0.15) is 5.82 Å². The van der Waals surface area contributed by atoms with Crippen LogP contribution >= 0.6 is 0 Å². The molecule has 0 radical (unpaired) electrons. The highest BCUT2D eigenvalue weighted by Gasteiger charge is 2.20. The van der Waals surface area contributed by atoms with E-state index in [0.29, 0.717) is 18.8 Å². The number of benzene rings is 1. The molecule has 0 spiro atoms. The molecule has 32 heavy (non-hydrogen) atoms. The molecular weight excluding hydrogens is 402 g/mol. The average Bonchev–Trinajstić information content (AvgIpc) is 2.87. The van der Waals surface area contributed by atoms with Crippen LogP contribution in [0, 0.1) is 0 Å². The van der Waals surface area contributed by atoms with Crippen molar-refractivity contribution < 1.29 is 9.47 Å². The Morgan fingerprint density at radius 1 is 1.09 bits per heavy atom. The lowest BCUT2D eigenvalue weighted by molar-refractivity contribution is -0.0390. The molecule has 2 N–H and O–H groups in total. The van der Waals surface area contributed by atoms with E-state index in [-0.39, 0.29) is 0 Å². The van der Waals surface area contributed by atoms with Gasteiger partial charge in [0, 0.05) is 52.1 Å². The summed E-state index contributed by atoms with van der Waals surface area (Å²) in [6.07, 6.45) is 6.29. The maximum absolute atomic E-state index is 6.07. The van der Waals surface area contributed by atoms with Gasteiger partial charge in [-0.1, -0.05) is 30.3 Å². The van der Waals surface area contributed by atoms with Crippen LogP contribution in [0.4, 0.5) is 5.82 Å². The van der Waals surface area contributed by atoms with E-state index in [4.69, 9.17) is 9.47 Å². The van der Waals surface area contributed by atoms with Crippen molar-refractivity contribution in [2.45, 2.75) is 51.0 Å². The highest BCUT2D eigenvalue weighted by molar-refractivity contribution is 5.80. The molecule has 0 unspecified atom stereocenters. The maximum Gasteiger partial charge on any atom is 0.191 e. The summed E-state index contributed by atoms with van der Waals surface area (Å²) in [5.41, 5.74) is 2.44. The lowest BCUT2D eigenvalue weighted by atomic mass is 10.1. The van der Waals surface area contributed by atoms with Gasteiger partial charge in [-0.05, 0) is 48.9 Å². The number of nitrogens with one attached hydrogen (secondary N) is 2. The molecule has 2 aromatic rings. The number of nitrogens with zero attached hydrogens (tertiary/aromatic N) is 3. The Kier molecular flexibility index (Phi) is 8.34. The molecule has 4 rings (SSSR count). The Morgan fingerprint density at radius 2 is 1.91 bits per heavy atom. The van der Waals surface area contributed by atoms with Gasteiger partial charge in [-0.3, -0.25) is 4.99 Å². The van der Waals surface area contributed by atoms with Crippen LogP contribution in [-0.4, -0.2) is 56.4 Å². The summed E-state index contributed by atoms with van der Waals surface area (Å²) >= 11 is 0. The summed E-state index contributed by atoms with van der Waals surface area (Å²) in [6, 6.07) is 15.1. The van der Waals surface area contributed by atoms with Gasteiger partial charge in [-0.25, -0.2) is 4.98 Å². The normalized spacial score (nSPS) is 18.5. The minimum absolute atomic E-state index is 0.317. The van der Waals surface area contributed by atoms with E-state index < -0.39 is 0 Å². The third kappa shape index (κ3) is 6.68. The first-order chi connectivity index (χ1) is 15.8. The summed E-state index contributed by atoms with van der Waals surface area (Å²) in [7, 11) is 1.83. The van der Waals surface area contributed by atoms with Crippen LogP contribution in [0.5, 0.6) is 0 Å². The van der Waals surface area contributed by atoms with Crippen LogP contribution in [0.15, 0.2) is 53.7 Å². The molecule has 1 aromatic carbocycles. The molecule has 2 saturated heterocycles. The molecule has 1 aromatic heterocycles. The number of rotatable bonds is 7. The number of anilines is 1. The Hall–Kier alpha value is -2.64. The number of guanidine groups is 1. The van der Waals surface area contributed by atoms with E-state index in [2.05, 4.69) is 55.8 Å². The molecule has 0 amide bonds. The molecule has 2 fully saturated rings. The highest BCUT2D eigenvalue weighted by Crippen LogP contribution is 2.17. The van der Waals surface area contributed by atoms with Gasteiger partial charge in [-0.2, -0.15) is 0 Å². The van der Waals surface area contributed by atoms with Gasteiger partial charge in [-0.15, -0.1) is 0 Å². The van der Waals surface area contributed by atoms with Crippen LogP contribution in [-0.2, 0) is 22.6 Å². The molecule has 0 aliphatic carbocycles. The number of aliphatic imine (C=N–C) groups is 1. The molecule has 172 valence electrons. The van der Waals surface area contributed by atoms with Crippen LogP contribution in [0.25, 0.3) is 0 Å². The van der Waals surface area contributed by atoms with Crippen molar-refractivity contribution >= 4 is 11.8 Å². The SMILES string of the molecule is CN=C(NCc1cccc(COC2CCOCC2)c1)NC1CCN(c2ccccn2)CC1. The molecule has 0 atom stereocenters. The average molecular weight is 438 g/mol. The van der Waals surface area contributed by atoms with E-state index in [1.54, 1.807) is 0 Å². The zero-order valence-corrected chi connectivity index (χ0v) is 19.0. The molecule has 3 heterocycles. The van der Waals surface area contributed by atoms with Crippen molar-refractivity contribution in [2.24, 2.45) is 4.99 Å². The number of hydrogen-bond donors (Lipinski definition) is 2. The summed E-state index contributed by atoms with van der Waals surface area (Å²) < 4.78 is 11.5. The van der Waals surface area contributed by atoms with Crippen molar-refractivity contribution in [3.05, 3.63) is 59.8 Å². The fourth-order valence-corrected chi connectivity index (χ4v) is 4.25. The van der Waals surface area contributed by atoms with E-state index in [9.17, 15) is 0 Å². The van der Waals surface area contributed by atoms with Gasteiger partial charge in [0.25, 0.3) is 0 Å². The Bertz CT molecular complexity index is 846. The fourth-order valence-electron chi connectivity index (χ4n) is 4.25. The topological polar surface area (TPSA) is 71.0 Å². The first-order valence-corrected chi connectivity index (χ1v) is 11.7. The van der Waals surface area contributed by atoms with Crippen LogP contribution < -0.4 is 15.5 Å². The van der Waals surface area contributed by atoms with E-state index in [1.807, 2.05) is 25.4 Å². The van der Waals surface area contributed by atoms with Gasteiger partial charge in [0.15, 0.2) is 5.96 Å². The third-order valence-corrected chi connectivity index (χ3v) is 6.14. The fraction of sp³-hybridized carbons (Fsp3) is 0.520. The van der Waals surface area contributed by atoms with E-state index in [1.165, 1.54) is 11.1 Å². The predicted molar refractivity (Wildman–Crippen MR) is 128 cm³/mol. The lowest BCUT2D eigenvalue weighted by Gasteiger charge is -2.33. The molecule has 0 bridgehead atoms. The standard InChI is InChI=1S/C25H35N5O2/c1-26-25(29-22-8-13-30(14-9-22)24-7-2-3-12-27-24)28-18-20-5-4-6-21(17-20)19-32-23-10-15-31-16-11-23/h2-7,12,17,22-23H,8-11,13-16,18-19H2,1H3,(H2,26,28,29). The van der Waals surface area contributed by atoms with Crippen LogP contribution in [0.2, 0.25) is 0 Å². The minimum Gasteiger partial charge on any atom is -0.381 e. The second-order valence-corrected chi connectivity index (χ2v) is 8.46. The second kappa shape index (κ2) is 11.8. The van der Waals surface area contributed by atoms with E-state index >= 15 is 0 Å². The molecule has 2 aliphatic heterocycles. The van der Waals surface area contributed by atoms with Crippen molar-refractivity contribution in [3.63, 3.8) is 0 Å². The second-order valence-electron chi connectivity index (χ2n) is 8.46. The number of hydrogen-bond acceptors (Lipinski definition) is 5. The maximum atomic E-state index is 6.07. The van der Waals surface area contributed by atoms with Crippen molar-refractivity contribution in [1.29, 1.82) is 0 Å². The molecular formula is C25H35N5O2. The van der Waals surface area contributed by atoms with Crippen LogP contribution in [0.3, 0.4) is 0 Å². The smallest absolute Gasteiger partial charge is 0.191 e. The number of aromatic nitrogens is 1. The first-order valence-electron chi connectivity index (χ1n) is 11.7. The molecule has 2 aliphatic rings. The van der Waals surface area contributed by atoms with Gasteiger partial charge in [0.05, 0.1) is 12.7 Å². The number of ether oxygens (including phenoxy) is 2. The van der Waals surface area contributed by atoms with Gasteiger partial charge >= 0.3 is 0 Å². The van der Waals surface area contributed by atoms with Crippen molar-refractivity contribution in [2.75, 3.05) is 38.3 Å². The largest absolute Gasteiger partial charge is 0.381 e. The minimum atomic E-state index is 0.317. The van der Waals surface area contributed by atoms with Crippen LogP contribution in [0.1, 0.15) is 36.8 Å². The highest BCUT2D eigenvalue weighted by atomic mass is 16.5. The molecule has 0 saturated carbocycles. The third-order valence-electron chi connectivity index (χ3n) is 6.14. The predicted octanol–water partition coefficient (Wildman–Crippen LogP) is 3.11. The first kappa shape index (κ1) is 22.6.